The van der Waals surface area contributed by atoms with Crippen molar-refractivity contribution in [1.82, 2.24) is 5.32 Å². The molecule has 0 unspecified atom stereocenters. The van der Waals surface area contributed by atoms with Crippen LogP contribution in [-0.4, -0.2) is 28.6 Å². The van der Waals surface area contributed by atoms with Crippen molar-refractivity contribution >= 4 is 23.4 Å². The second kappa shape index (κ2) is 6.74. The molecule has 0 aliphatic carbocycles. The first-order chi connectivity index (χ1) is 10.1. The molecule has 0 atom stereocenters. The first kappa shape index (κ1) is 17.2. The number of hydrogen-bond donors (Lipinski definition) is 3. The van der Waals surface area contributed by atoms with Gasteiger partial charge in [-0.05, 0) is 12.1 Å². The Morgan fingerprint density at radius 3 is 2.45 bits per heavy atom. The quantitative estimate of drug-likeness (QED) is 0.567. The zero-order valence-electron chi connectivity index (χ0n) is 10.8. The van der Waals surface area contributed by atoms with Crippen LogP contribution in [0, 0.1) is 10.1 Å². The summed E-state index contributed by atoms with van der Waals surface area (Å²) >= 11 is 0. The first-order valence-corrected chi connectivity index (χ1v) is 5.73. The van der Waals surface area contributed by atoms with Gasteiger partial charge < -0.3 is 15.7 Å². The molecule has 22 heavy (non-hydrogen) atoms. The number of halogens is 3. The molecule has 3 N–H and O–H groups in total. The first-order valence-electron chi connectivity index (χ1n) is 5.73. The SMILES string of the molecule is O=C(O)CCNC(=O)Nc1ccc([N+](=O)[O-])c(C(F)(F)F)c1. The van der Waals surface area contributed by atoms with E-state index >= 15 is 0 Å². The van der Waals surface area contributed by atoms with Gasteiger partial charge in [0.25, 0.3) is 5.69 Å². The zero-order chi connectivity index (χ0) is 16.9. The number of amides is 2. The van der Waals surface area contributed by atoms with Gasteiger partial charge in [0.15, 0.2) is 0 Å². The number of nitrogens with zero attached hydrogens (tertiary/aromatic N) is 1. The summed E-state index contributed by atoms with van der Waals surface area (Å²) in [5.41, 5.74) is -2.95. The Morgan fingerprint density at radius 1 is 1.32 bits per heavy atom. The van der Waals surface area contributed by atoms with E-state index in [9.17, 15) is 32.9 Å². The van der Waals surface area contributed by atoms with E-state index in [1.54, 1.807) is 0 Å². The number of aliphatic carboxylic acids is 1. The summed E-state index contributed by atoms with van der Waals surface area (Å²) in [4.78, 5) is 31.0. The smallest absolute Gasteiger partial charge is 0.423 e. The van der Waals surface area contributed by atoms with Crippen molar-refractivity contribution in [2.45, 2.75) is 12.6 Å². The van der Waals surface area contributed by atoms with Crippen molar-refractivity contribution in [2.75, 3.05) is 11.9 Å². The van der Waals surface area contributed by atoms with Crippen LogP contribution in [-0.2, 0) is 11.0 Å². The molecule has 1 rings (SSSR count). The number of hydrogen-bond acceptors (Lipinski definition) is 4. The number of urea groups is 1. The molecule has 0 spiro atoms. The van der Waals surface area contributed by atoms with Gasteiger partial charge in [-0.15, -0.1) is 0 Å². The number of carboxylic acids is 1. The van der Waals surface area contributed by atoms with Crippen LogP contribution in [0.1, 0.15) is 12.0 Å². The largest absolute Gasteiger partial charge is 0.481 e. The summed E-state index contributed by atoms with van der Waals surface area (Å²) in [7, 11) is 0. The van der Waals surface area contributed by atoms with Crippen LogP contribution in [0.3, 0.4) is 0 Å². The lowest BCUT2D eigenvalue weighted by Gasteiger charge is -2.11. The standard InChI is InChI=1S/C11H10F3N3O5/c12-11(13,14)7-5-6(1-2-8(7)17(21)22)16-10(20)15-4-3-9(18)19/h1-2,5H,3-4H2,(H,18,19)(H2,15,16,20). The maximum Gasteiger partial charge on any atom is 0.423 e. The predicted octanol–water partition coefficient (Wildman–Crippen LogP) is 2.21. The van der Waals surface area contributed by atoms with E-state index in [1.165, 1.54) is 0 Å². The van der Waals surface area contributed by atoms with E-state index in [0.717, 1.165) is 6.07 Å². The molecule has 0 fully saturated rings. The number of nitro benzene ring substituents is 1. The highest BCUT2D eigenvalue weighted by molar-refractivity contribution is 5.89. The van der Waals surface area contributed by atoms with Crippen LogP contribution in [0.4, 0.5) is 29.3 Å². The Bertz CT molecular complexity index is 603. The van der Waals surface area contributed by atoms with Crippen LogP contribution >= 0.6 is 0 Å². The van der Waals surface area contributed by atoms with Crippen molar-refractivity contribution in [3.05, 3.63) is 33.9 Å². The number of nitro groups is 1. The Hall–Kier alpha value is -2.85. The minimum Gasteiger partial charge on any atom is -0.481 e. The van der Waals surface area contributed by atoms with E-state index in [1.807, 2.05) is 5.32 Å². The van der Waals surface area contributed by atoms with Gasteiger partial charge in [0.2, 0.25) is 0 Å². The molecule has 1 aromatic rings. The average molecular weight is 321 g/mol. The summed E-state index contributed by atoms with van der Waals surface area (Å²) in [5, 5.41) is 23.1. The third-order valence-corrected chi connectivity index (χ3v) is 2.38. The average Bonchev–Trinajstić information content (AvgIpc) is 2.36. The number of carbonyl (C=O) groups is 2. The third kappa shape index (κ3) is 4.92. The van der Waals surface area contributed by atoms with Crippen LogP contribution < -0.4 is 10.6 Å². The van der Waals surface area contributed by atoms with Gasteiger partial charge in [0.1, 0.15) is 5.56 Å². The number of carboxylic acid groups (broad SMARTS) is 1. The highest BCUT2D eigenvalue weighted by Gasteiger charge is 2.38. The van der Waals surface area contributed by atoms with Gasteiger partial charge >= 0.3 is 18.2 Å². The number of benzene rings is 1. The lowest BCUT2D eigenvalue weighted by atomic mass is 10.1. The number of rotatable bonds is 5. The molecule has 0 aromatic heterocycles. The molecular formula is C11H10F3N3O5. The Kier molecular flexibility index (Phi) is 5.27. The summed E-state index contributed by atoms with van der Waals surface area (Å²) in [6, 6.07) is 1.05. The van der Waals surface area contributed by atoms with Gasteiger partial charge in [-0.25, -0.2) is 4.79 Å². The van der Waals surface area contributed by atoms with Crippen LogP contribution in [0.5, 0.6) is 0 Å². The maximum absolute atomic E-state index is 12.7. The second-order valence-electron chi connectivity index (χ2n) is 4.01. The van der Waals surface area contributed by atoms with E-state index in [-0.39, 0.29) is 18.7 Å². The Morgan fingerprint density at radius 2 is 1.95 bits per heavy atom. The van der Waals surface area contributed by atoms with Crippen molar-refractivity contribution < 1.29 is 32.8 Å². The second-order valence-corrected chi connectivity index (χ2v) is 4.01. The Balaban J connectivity index is 2.87. The molecule has 0 radical (unpaired) electrons. The summed E-state index contributed by atoms with van der Waals surface area (Å²) in [6.45, 7) is -0.222. The number of nitrogens with one attached hydrogen (secondary N) is 2. The van der Waals surface area contributed by atoms with Gasteiger partial charge in [-0.1, -0.05) is 0 Å². The highest BCUT2D eigenvalue weighted by Crippen LogP contribution is 2.37. The summed E-state index contributed by atoms with van der Waals surface area (Å²) in [5.74, 6) is -1.16. The van der Waals surface area contributed by atoms with Crippen molar-refractivity contribution in [1.29, 1.82) is 0 Å². The van der Waals surface area contributed by atoms with Crippen molar-refractivity contribution in [3.8, 4) is 0 Å². The molecular weight excluding hydrogens is 311 g/mol. The summed E-state index contributed by atoms with van der Waals surface area (Å²) < 4.78 is 38.2. The van der Waals surface area contributed by atoms with Gasteiger partial charge in [0.05, 0.1) is 11.3 Å². The minimum absolute atomic E-state index is 0.222. The number of anilines is 1. The predicted molar refractivity (Wildman–Crippen MR) is 67.4 cm³/mol. The van der Waals surface area contributed by atoms with Crippen LogP contribution in [0.25, 0.3) is 0 Å². The van der Waals surface area contributed by atoms with Gasteiger partial charge in [-0.2, -0.15) is 13.2 Å². The number of alkyl halides is 3. The van der Waals surface area contributed by atoms with Crippen molar-refractivity contribution in [2.24, 2.45) is 0 Å². The molecule has 0 heterocycles. The maximum atomic E-state index is 12.7. The molecule has 11 heteroatoms. The third-order valence-electron chi connectivity index (χ3n) is 2.38. The normalized spacial score (nSPS) is 10.9. The lowest BCUT2D eigenvalue weighted by Crippen LogP contribution is -2.30. The fourth-order valence-corrected chi connectivity index (χ4v) is 1.46. The molecule has 0 aliphatic heterocycles. The van der Waals surface area contributed by atoms with Gasteiger partial charge in [0, 0.05) is 18.3 Å². The summed E-state index contributed by atoms with van der Waals surface area (Å²) in [6.07, 6.45) is -5.32. The molecule has 0 bridgehead atoms. The lowest BCUT2D eigenvalue weighted by molar-refractivity contribution is -0.388. The topological polar surface area (TPSA) is 122 Å². The van der Waals surface area contributed by atoms with E-state index < -0.39 is 34.4 Å². The Labute approximate surface area is 121 Å². The van der Waals surface area contributed by atoms with E-state index in [2.05, 4.69) is 5.32 Å². The fraction of sp³-hybridized carbons (Fsp3) is 0.273. The van der Waals surface area contributed by atoms with E-state index in [4.69, 9.17) is 5.11 Å². The number of carbonyl (C=O) groups excluding carboxylic acids is 1. The molecule has 0 saturated heterocycles. The molecule has 0 saturated carbocycles. The molecule has 2 amide bonds. The van der Waals surface area contributed by atoms with E-state index in [0.29, 0.717) is 12.1 Å². The molecule has 1 aromatic carbocycles. The van der Waals surface area contributed by atoms with Gasteiger partial charge in [-0.3, -0.25) is 14.9 Å². The molecule has 8 nitrogen and oxygen atoms in total. The van der Waals surface area contributed by atoms with Crippen molar-refractivity contribution in [3.63, 3.8) is 0 Å². The molecule has 120 valence electrons. The minimum atomic E-state index is -4.96. The highest BCUT2D eigenvalue weighted by atomic mass is 19.4. The monoisotopic (exact) mass is 321 g/mol. The molecule has 0 aliphatic rings. The zero-order valence-corrected chi connectivity index (χ0v) is 10.8. The fourth-order valence-electron chi connectivity index (χ4n) is 1.46. The van der Waals surface area contributed by atoms with Crippen LogP contribution in [0.15, 0.2) is 18.2 Å². The van der Waals surface area contributed by atoms with Crippen LogP contribution in [0.2, 0.25) is 0 Å².